The van der Waals surface area contributed by atoms with Crippen molar-refractivity contribution in [3.63, 3.8) is 0 Å². The number of aliphatic hydroxyl groups excluding tert-OH is 1. The van der Waals surface area contributed by atoms with Crippen LogP contribution in [0.25, 0.3) is 0 Å². The topological polar surface area (TPSA) is 104 Å². The average Bonchev–Trinajstić information content (AvgIpc) is 2.81. The summed E-state index contributed by atoms with van der Waals surface area (Å²) < 4.78 is 0. The number of carboxylic acids is 1. The molecule has 0 unspecified atom stereocenters. The van der Waals surface area contributed by atoms with Crippen molar-refractivity contribution in [3.05, 3.63) is 0 Å². The summed E-state index contributed by atoms with van der Waals surface area (Å²) in [6, 6.07) is -0.909. The first-order valence-electron chi connectivity index (χ1n) is 6.92. The van der Waals surface area contributed by atoms with Crippen LogP contribution in [-0.4, -0.2) is 52.2 Å². The summed E-state index contributed by atoms with van der Waals surface area (Å²) in [4.78, 5) is 25.2. The van der Waals surface area contributed by atoms with Crippen LogP contribution in [0.2, 0.25) is 0 Å². The second kappa shape index (κ2) is 5.46. The number of nitrogens with zero attached hydrogens (tertiary/aromatic N) is 1. The number of rotatable bonds is 3. The van der Waals surface area contributed by atoms with E-state index >= 15 is 0 Å². The molecule has 0 spiro atoms. The Kier molecular flexibility index (Phi) is 4.10. The van der Waals surface area contributed by atoms with Crippen LogP contribution < -0.4 is 5.73 Å². The van der Waals surface area contributed by atoms with Gasteiger partial charge < -0.3 is 20.8 Å². The van der Waals surface area contributed by atoms with Crippen LogP contribution in [-0.2, 0) is 9.59 Å². The van der Waals surface area contributed by atoms with Gasteiger partial charge in [-0.3, -0.25) is 4.79 Å². The smallest absolute Gasteiger partial charge is 0.326 e. The van der Waals surface area contributed by atoms with Gasteiger partial charge >= 0.3 is 5.97 Å². The van der Waals surface area contributed by atoms with Gasteiger partial charge in [0.1, 0.15) is 6.04 Å². The number of likely N-dealkylation sites (tertiary alicyclic amines) is 1. The van der Waals surface area contributed by atoms with Crippen molar-refractivity contribution in [1.82, 2.24) is 4.90 Å². The van der Waals surface area contributed by atoms with E-state index in [1.54, 1.807) is 0 Å². The van der Waals surface area contributed by atoms with Gasteiger partial charge in [-0.25, -0.2) is 4.79 Å². The molecule has 0 aromatic rings. The number of nitrogens with two attached hydrogens (primary N) is 1. The Morgan fingerprint density at radius 3 is 2.42 bits per heavy atom. The molecule has 2 aliphatic rings. The van der Waals surface area contributed by atoms with Crippen molar-refractivity contribution in [2.75, 3.05) is 13.1 Å². The molecular weight excluding hydrogens is 248 g/mol. The van der Waals surface area contributed by atoms with E-state index in [4.69, 9.17) is 10.8 Å². The molecule has 2 atom stereocenters. The molecule has 6 heteroatoms. The lowest BCUT2D eigenvalue weighted by molar-refractivity contribution is -0.154. The maximum Gasteiger partial charge on any atom is 0.326 e. The predicted octanol–water partition coefficient (Wildman–Crippen LogP) is -0.0580. The van der Waals surface area contributed by atoms with Crippen LogP contribution in [0.4, 0.5) is 0 Å². The van der Waals surface area contributed by atoms with E-state index in [-0.39, 0.29) is 25.4 Å². The fourth-order valence-corrected chi connectivity index (χ4v) is 3.31. The summed E-state index contributed by atoms with van der Waals surface area (Å²) in [5.74, 6) is -1.23. The van der Waals surface area contributed by atoms with Crippen LogP contribution in [0.5, 0.6) is 0 Å². The van der Waals surface area contributed by atoms with E-state index in [0.717, 1.165) is 32.1 Å². The average molecular weight is 270 g/mol. The third-order valence-electron chi connectivity index (χ3n) is 4.48. The number of amides is 1. The molecule has 1 saturated carbocycles. The number of hydrogen-bond donors (Lipinski definition) is 3. The standard InChI is InChI=1S/C13H22N2O4/c14-8-13(4-2-1-3-5-13)12(19)15-7-9(16)6-10(15)11(17)18/h9-10,16H,1-8,14H2,(H,17,18)/t9-,10+/m1/s1. The van der Waals surface area contributed by atoms with E-state index in [2.05, 4.69) is 0 Å². The van der Waals surface area contributed by atoms with Crippen LogP contribution in [0, 0.1) is 5.41 Å². The van der Waals surface area contributed by atoms with Gasteiger partial charge in [0.05, 0.1) is 11.5 Å². The second-order valence-electron chi connectivity index (χ2n) is 5.75. The monoisotopic (exact) mass is 270 g/mol. The molecule has 1 aliphatic carbocycles. The van der Waals surface area contributed by atoms with Gasteiger partial charge in [-0.1, -0.05) is 19.3 Å². The summed E-state index contributed by atoms with van der Waals surface area (Å²) >= 11 is 0. The van der Waals surface area contributed by atoms with Crippen molar-refractivity contribution in [2.24, 2.45) is 11.1 Å². The molecule has 1 aliphatic heterocycles. The summed E-state index contributed by atoms with van der Waals surface area (Å²) in [5, 5.41) is 18.8. The number of hydrogen-bond acceptors (Lipinski definition) is 4. The van der Waals surface area contributed by atoms with E-state index in [1.165, 1.54) is 4.90 Å². The molecule has 1 saturated heterocycles. The van der Waals surface area contributed by atoms with Crippen LogP contribution in [0.3, 0.4) is 0 Å². The van der Waals surface area contributed by atoms with Gasteiger partial charge in [0.2, 0.25) is 5.91 Å². The zero-order chi connectivity index (χ0) is 14.0. The molecule has 1 amide bonds. The second-order valence-corrected chi connectivity index (χ2v) is 5.75. The number of carbonyl (C=O) groups excluding carboxylic acids is 1. The number of aliphatic hydroxyl groups is 1. The number of aliphatic carboxylic acids is 1. The zero-order valence-corrected chi connectivity index (χ0v) is 11.0. The molecule has 2 rings (SSSR count). The molecule has 0 radical (unpaired) electrons. The number of carbonyl (C=O) groups is 2. The maximum atomic E-state index is 12.7. The highest BCUT2D eigenvalue weighted by molar-refractivity contribution is 5.88. The lowest BCUT2D eigenvalue weighted by Crippen LogP contribution is -2.52. The van der Waals surface area contributed by atoms with Crippen molar-refractivity contribution in [3.8, 4) is 0 Å². The molecule has 0 aromatic heterocycles. The molecular formula is C13H22N2O4. The summed E-state index contributed by atoms with van der Waals surface area (Å²) in [5.41, 5.74) is 5.19. The molecule has 6 nitrogen and oxygen atoms in total. The van der Waals surface area contributed by atoms with E-state index in [0.29, 0.717) is 0 Å². The molecule has 4 N–H and O–H groups in total. The Bertz CT molecular complexity index is 366. The fraction of sp³-hybridized carbons (Fsp3) is 0.846. The van der Waals surface area contributed by atoms with Gasteiger partial charge in [0.15, 0.2) is 0 Å². The van der Waals surface area contributed by atoms with Gasteiger partial charge in [0, 0.05) is 19.5 Å². The largest absolute Gasteiger partial charge is 0.480 e. The highest BCUT2D eigenvalue weighted by Gasteiger charge is 2.47. The number of carboxylic acid groups (broad SMARTS) is 1. The Morgan fingerprint density at radius 1 is 1.26 bits per heavy atom. The summed E-state index contributed by atoms with van der Waals surface area (Å²) in [6.07, 6.45) is 3.82. The molecule has 108 valence electrons. The number of β-amino-alcohol motifs (C(OH)–C–C–N with tert-alkyl or cyclic N) is 1. The molecule has 19 heavy (non-hydrogen) atoms. The van der Waals surface area contributed by atoms with Crippen molar-refractivity contribution < 1.29 is 19.8 Å². The first-order chi connectivity index (χ1) is 9.00. The SMILES string of the molecule is NCC1(C(=O)N2C[C@H](O)C[C@H]2C(=O)O)CCCCC1. The van der Waals surface area contributed by atoms with Crippen molar-refractivity contribution >= 4 is 11.9 Å². The maximum absolute atomic E-state index is 12.7. The van der Waals surface area contributed by atoms with Crippen molar-refractivity contribution in [1.29, 1.82) is 0 Å². The van der Waals surface area contributed by atoms with Gasteiger partial charge in [-0.05, 0) is 12.8 Å². The van der Waals surface area contributed by atoms with E-state index in [1.807, 2.05) is 0 Å². The minimum absolute atomic E-state index is 0.109. The Balaban J connectivity index is 2.19. The van der Waals surface area contributed by atoms with Crippen LogP contribution in [0.15, 0.2) is 0 Å². The molecule has 1 heterocycles. The Labute approximate surface area is 112 Å². The highest BCUT2D eigenvalue weighted by atomic mass is 16.4. The van der Waals surface area contributed by atoms with E-state index in [9.17, 15) is 14.7 Å². The fourth-order valence-electron chi connectivity index (χ4n) is 3.31. The van der Waals surface area contributed by atoms with Crippen molar-refractivity contribution in [2.45, 2.75) is 50.7 Å². The van der Waals surface area contributed by atoms with Gasteiger partial charge in [-0.2, -0.15) is 0 Å². The van der Waals surface area contributed by atoms with E-state index < -0.39 is 23.5 Å². The summed E-state index contributed by atoms with van der Waals surface area (Å²) in [6.45, 7) is 0.363. The van der Waals surface area contributed by atoms with Gasteiger partial charge in [-0.15, -0.1) is 0 Å². The Hall–Kier alpha value is -1.14. The van der Waals surface area contributed by atoms with Gasteiger partial charge in [0.25, 0.3) is 0 Å². The quantitative estimate of drug-likeness (QED) is 0.666. The minimum Gasteiger partial charge on any atom is -0.480 e. The predicted molar refractivity (Wildman–Crippen MR) is 68.3 cm³/mol. The molecule has 0 bridgehead atoms. The zero-order valence-electron chi connectivity index (χ0n) is 11.0. The molecule has 0 aromatic carbocycles. The summed E-state index contributed by atoms with van der Waals surface area (Å²) in [7, 11) is 0. The lowest BCUT2D eigenvalue weighted by atomic mass is 9.73. The third-order valence-corrected chi connectivity index (χ3v) is 4.48. The first-order valence-corrected chi connectivity index (χ1v) is 6.92. The highest BCUT2D eigenvalue weighted by Crippen LogP contribution is 2.38. The molecule has 2 fully saturated rings. The Morgan fingerprint density at radius 2 is 1.89 bits per heavy atom. The lowest BCUT2D eigenvalue weighted by Gasteiger charge is -2.38. The van der Waals surface area contributed by atoms with Crippen LogP contribution >= 0.6 is 0 Å². The normalized spacial score (nSPS) is 30.3. The first kappa shape index (κ1) is 14.3. The van der Waals surface area contributed by atoms with Crippen LogP contribution in [0.1, 0.15) is 38.5 Å². The minimum atomic E-state index is -1.05. The third kappa shape index (κ3) is 2.60.